The number of anilines is 1. The second kappa shape index (κ2) is 6.79. The van der Waals surface area contributed by atoms with Crippen LogP contribution in [0, 0.1) is 11.7 Å². The van der Waals surface area contributed by atoms with Crippen molar-refractivity contribution in [2.24, 2.45) is 5.92 Å². The van der Waals surface area contributed by atoms with E-state index in [0.29, 0.717) is 31.0 Å². The average Bonchev–Trinajstić information content (AvgIpc) is 2.97. The van der Waals surface area contributed by atoms with Crippen molar-refractivity contribution in [3.63, 3.8) is 0 Å². The first-order valence-corrected chi connectivity index (χ1v) is 8.18. The molecule has 0 unspecified atom stereocenters. The summed E-state index contributed by atoms with van der Waals surface area (Å²) in [6, 6.07) is 5.69. The van der Waals surface area contributed by atoms with Crippen molar-refractivity contribution in [2.45, 2.75) is 38.8 Å². The van der Waals surface area contributed by atoms with Crippen LogP contribution in [0.25, 0.3) is 0 Å². The van der Waals surface area contributed by atoms with Crippen LogP contribution in [-0.4, -0.2) is 33.3 Å². The van der Waals surface area contributed by atoms with Gasteiger partial charge < -0.3 is 9.64 Å². The number of rotatable bonds is 4. The van der Waals surface area contributed by atoms with Gasteiger partial charge in [-0.2, -0.15) is 5.10 Å². The maximum Gasteiger partial charge on any atom is 0.340 e. The number of aromatic amines is 2. The minimum Gasteiger partial charge on any atom is -0.376 e. The summed E-state index contributed by atoms with van der Waals surface area (Å²) in [5.41, 5.74) is -0.249. The molecule has 134 valence electrons. The molecule has 1 aromatic carbocycles. The highest BCUT2D eigenvalue weighted by Crippen LogP contribution is 2.31. The lowest BCUT2D eigenvalue weighted by molar-refractivity contribution is -0.132. The van der Waals surface area contributed by atoms with E-state index < -0.39 is 5.69 Å². The molecule has 0 radical (unpaired) electrons. The third-order valence-electron chi connectivity index (χ3n) is 4.31. The van der Waals surface area contributed by atoms with Crippen LogP contribution in [0.3, 0.4) is 0 Å². The van der Waals surface area contributed by atoms with Crippen LogP contribution in [0.2, 0.25) is 0 Å². The summed E-state index contributed by atoms with van der Waals surface area (Å²) >= 11 is 0. The average molecular weight is 348 g/mol. The van der Waals surface area contributed by atoms with E-state index in [4.69, 9.17) is 4.74 Å². The topological polar surface area (TPSA) is 91.1 Å². The molecule has 2 heterocycles. The summed E-state index contributed by atoms with van der Waals surface area (Å²) in [6.45, 7) is 4.53. The minimum atomic E-state index is -0.436. The quantitative estimate of drug-likeness (QED) is 0.884. The van der Waals surface area contributed by atoms with Gasteiger partial charge in [-0.05, 0) is 51.0 Å². The Morgan fingerprint density at radius 3 is 2.72 bits per heavy atom. The second-order valence-corrected chi connectivity index (χ2v) is 6.82. The molecule has 2 N–H and O–H groups in total. The number of nitrogens with one attached hydrogen (secondary N) is 2. The number of carbonyl (C=O) groups excluding carboxylic acids is 1. The van der Waals surface area contributed by atoms with E-state index in [9.17, 15) is 14.0 Å². The van der Waals surface area contributed by atoms with Crippen molar-refractivity contribution in [1.82, 2.24) is 15.2 Å². The van der Waals surface area contributed by atoms with Crippen molar-refractivity contribution in [1.29, 1.82) is 0 Å². The molecule has 0 saturated carbocycles. The Kier molecular flexibility index (Phi) is 4.71. The molecule has 1 fully saturated rings. The molecule has 1 aliphatic heterocycles. The normalized spacial score (nSPS) is 19.6. The number of amides is 1. The maximum absolute atomic E-state index is 13.3. The monoisotopic (exact) mass is 348 g/mol. The van der Waals surface area contributed by atoms with Crippen LogP contribution in [-0.2, 0) is 16.1 Å². The van der Waals surface area contributed by atoms with Gasteiger partial charge in [0.25, 0.3) is 0 Å². The van der Waals surface area contributed by atoms with Gasteiger partial charge in [0.05, 0.1) is 12.1 Å². The second-order valence-electron chi connectivity index (χ2n) is 6.82. The van der Waals surface area contributed by atoms with E-state index in [2.05, 4.69) is 15.2 Å². The number of carbonyl (C=O) groups is 1. The number of benzene rings is 1. The zero-order chi connectivity index (χ0) is 18.0. The van der Waals surface area contributed by atoms with Gasteiger partial charge in [0.1, 0.15) is 5.82 Å². The number of hydrogen-bond donors (Lipinski definition) is 2. The molecular formula is C17H21FN4O3. The zero-order valence-corrected chi connectivity index (χ0v) is 14.2. The molecule has 1 aromatic heterocycles. The number of hydrogen-bond acceptors (Lipinski definition) is 4. The fourth-order valence-corrected chi connectivity index (χ4v) is 3.11. The fourth-order valence-electron chi connectivity index (χ4n) is 3.11. The molecule has 1 atom stereocenters. The number of aromatic nitrogens is 3. The third-order valence-corrected chi connectivity index (χ3v) is 4.31. The van der Waals surface area contributed by atoms with E-state index in [1.54, 1.807) is 12.1 Å². The smallest absolute Gasteiger partial charge is 0.340 e. The van der Waals surface area contributed by atoms with Crippen LogP contribution in [0.15, 0.2) is 29.1 Å². The zero-order valence-electron chi connectivity index (χ0n) is 14.2. The first-order valence-electron chi connectivity index (χ1n) is 8.18. The Morgan fingerprint density at radius 2 is 2.12 bits per heavy atom. The van der Waals surface area contributed by atoms with E-state index in [0.717, 1.165) is 0 Å². The Bertz CT molecular complexity index is 797. The molecule has 0 aliphatic carbocycles. The van der Waals surface area contributed by atoms with Gasteiger partial charge in [-0.15, -0.1) is 0 Å². The molecule has 25 heavy (non-hydrogen) atoms. The molecular weight excluding hydrogens is 327 g/mol. The first-order chi connectivity index (χ1) is 11.8. The van der Waals surface area contributed by atoms with Gasteiger partial charge in [0.2, 0.25) is 5.91 Å². The van der Waals surface area contributed by atoms with Crippen LogP contribution in [0.1, 0.15) is 32.5 Å². The van der Waals surface area contributed by atoms with Crippen LogP contribution >= 0.6 is 0 Å². The molecule has 0 bridgehead atoms. The summed E-state index contributed by atoms with van der Waals surface area (Å²) in [6.07, 6.45) is 1.22. The van der Waals surface area contributed by atoms with Crippen molar-refractivity contribution in [3.8, 4) is 0 Å². The Labute approximate surface area is 144 Å². The van der Waals surface area contributed by atoms with Crippen molar-refractivity contribution in [3.05, 3.63) is 46.4 Å². The van der Waals surface area contributed by atoms with E-state index in [-0.39, 0.29) is 29.8 Å². The van der Waals surface area contributed by atoms with Gasteiger partial charge in [-0.25, -0.2) is 14.3 Å². The van der Waals surface area contributed by atoms with Crippen molar-refractivity contribution in [2.75, 3.05) is 11.5 Å². The Hall–Kier alpha value is -2.48. The highest BCUT2D eigenvalue weighted by atomic mass is 19.1. The molecule has 7 nitrogen and oxygen atoms in total. The molecule has 1 amide bonds. The van der Waals surface area contributed by atoms with Crippen LogP contribution in [0.5, 0.6) is 0 Å². The highest BCUT2D eigenvalue weighted by Gasteiger charge is 2.35. The van der Waals surface area contributed by atoms with Crippen LogP contribution in [0.4, 0.5) is 10.1 Å². The Morgan fingerprint density at radius 1 is 1.40 bits per heavy atom. The lowest BCUT2D eigenvalue weighted by Crippen LogP contribution is -2.43. The third kappa shape index (κ3) is 4.14. The SMILES string of the molecule is CC1(C)C[C@@H](C(=O)N(Cc2n[nH]c(=O)[nH]2)c2ccc(F)cc2)CCO1. The standard InChI is InChI=1S/C17H21FN4O3/c1-17(2)9-11(7-8-25-17)15(23)22(10-14-19-16(24)21-20-14)13-5-3-12(18)4-6-13/h3-6,11H,7-10H2,1-2H3,(H2,19,20,21,24)/t11-/m0/s1. The highest BCUT2D eigenvalue weighted by molar-refractivity contribution is 5.95. The molecule has 1 saturated heterocycles. The molecule has 8 heteroatoms. The lowest BCUT2D eigenvalue weighted by atomic mass is 9.87. The van der Waals surface area contributed by atoms with Gasteiger partial charge in [-0.1, -0.05) is 0 Å². The lowest BCUT2D eigenvalue weighted by Gasteiger charge is -2.37. The van der Waals surface area contributed by atoms with Crippen LogP contribution < -0.4 is 10.6 Å². The molecule has 1 aliphatic rings. The predicted octanol–water partition coefficient (Wildman–Crippen LogP) is 1.98. The molecule has 2 aromatic rings. The minimum absolute atomic E-state index is 0.0909. The van der Waals surface area contributed by atoms with E-state index in [1.165, 1.54) is 17.0 Å². The fraction of sp³-hybridized carbons (Fsp3) is 0.471. The van der Waals surface area contributed by atoms with E-state index >= 15 is 0 Å². The van der Waals surface area contributed by atoms with Gasteiger partial charge in [0.15, 0.2) is 5.82 Å². The van der Waals surface area contributed by atoms with Gasteiger partial charge in [0, 0.05) is 18.2 Å². The maximum atomic E-state index is 13.3. The van der Waals surface area contributed by atoms with Crippen molar-refractivity contribution < 1.29 is 13.9 Å². The number of ether oxygens (including phenoxy) is 1. The summed E-state index contributed by atoms with van der Waals surface area (Å²) < 4.78 is 18.9. The summed E-state index contributed by atoms with van der Waals surface area (Å²) in [7, 11) is 0. The summed E-state index contributed by atoms with van der Waals surface area (Å²) in [4.78, 5) is 28.5. The predicted molar refractivity (Wildman–Crippen MR) is 89.6 cm³/mol. The summed E-state index contributed by atoms with van der Waals surface area (Å²) in [5, 5.41) is 6.16. The number of halogens is 1. The number of H-pyrrole nitrogens is 2. The molecule has 3 rings (SSSR count). The van der Waals surface area contributed by atoms with Gasteiger partial charge >= 0.3 is 5.69 Å². The van der Waals surface area contributed by atoms with Gasteiger partial charge in [-0.3, -0.25) is 9.78 Å². The largest absolute Gasteiger partial charge is 0.376 e. The number of nitrogens with zero attached hydrogens (tertiary/aromatic N) is 2. The van der Waals surface area contributed by atoms with E-state index in [1.807, 2.05) is 13.8 Å². The summed E-state index contributed by atoms with van der Waals surface area (Å²) in [5.74, 6) is -0.336. The Balaban J connectivity index is 1.88. The first kappa shape index (κ1) is 17.3. The molecule has 0 spiro atoms. The van der Waals surface area contributed by atoms with Crippen molar-refractivity contribution >= 4 is 11.6 Å².